The van der Waals surface area contributed by atoms with Crippen LogP contribution in [0.25, 0.3) is 0 Å². The van der Waals surface area contributed by atoms with Crippen LogP contribution >= 0.6 is 11.3 Å². The van der Waals surface area contributed by atoms with E-state index in [-0.39, 0.29) is 12.1 Å². The molecule has 3 rings (SSSR count). The molecule has 2 aliphatic carbocycles. The molecule has 5 nitrogen and oxygen atoms in total. The number of aryl methyl sites for hydroxylation is 2. The van der Waals surface area contributed by atoms with Gasteiger partial charge in [0.1, 0.15) is 0 Å². The first kappa shape index (κ1) is 16.7. The van der Waals surface area contributed by atoms with Crippen molar-refractivity contribution in [2.24, 2.45) is 5.92 Å². The summed E-state index contributed by atoms with van der Waals surface area (Å²) in [5, 5.41) is 4.11. The van der Waals surface area contributed by atoms with Crippen molar-refractivity contribution in [1.29, 1.82) is 0 Å². The predicted octanol–water partition coefficient (Wildman–Crippen LogP) is 3.29. The zero-order valence-corrected chi connectivity index (χ0v) is 15.0. The van der Waals surface area contributed by atoms with Gasteiger partial charge in [0.05, 0.1) is 21.6 Å². The average Bonchev–Trinajstić information content (AvgIpc) is 3.28. The van der Waals surface area contributed by atoms with Crippen molar-refractivity contribution in [2.75, 3.05) is 26.8 Å². The summed E-state index contributed by atoms with van der Waals surface area (Å²) in [6, 6.07) is 0.187. The first-order valence-electron chi connectivity index (χ1n) is 8.69. The maximum absolute atomic E-state index is 12.4. The Morgan fingerprint density at radius 2 is 2.26 bits per heavy atom. The summed E-state index contributed by atoms with van der Waals surface area (Å²) in [6.07, 6.45) is 6.70. The molecule has 1 saturated carbocycles. The lowest BCUT2D eigenvalue weighted by molar-refractivity contribution is 0.121. The van der Waals surface area contributed by atoms with Crippen LogP contribution in [0.5, 0.6) is 0 Å². The zero-order valence-electron chi connectivity index (χ0n) is 14.1. The van der Waals surface area contributed by atoms with Crippen LogP contribution in [0.2, 0.25) is 0 Å². The van der Waals surface area contributed by atoms with Gasteiger partial charge < -0.3 is 15.0 Å². The summed E-state index contributed by atoms with van der Waals surface area (Å²) in [4.78, 5) is 20.1. The van der Waals surface area contributed by atoms with Crippen molar-refractivity contribution < 1.29 is 9.53 Å². The molecule has 1 unspecified atom stereocenters. The Balaban J connectivity index is 1.42. The summed E-state index contributed by atoms with van der Waals surface area (Å²) in [5.74, 6) is 0.805. The number of carbonyl (C=O) groups excluding carboxylic acids is 1. The van der Waals surface area contributed by atoms with Crippen molar-refractivity contribution in [3.8, 4) is 0 Å². The lowest BCUT2D eigenvalue weighted by Gasteiger charge is -2.30. The molecule has 0 aromatic carbocycles. The third-order valence-electron chi connectivity index (χ3n) is 4.61. The molecular formula is C17H27N3O2S. The Hall–Kier alpha value is -1.14. The highest BCUT2D eigenvalue weighted by Gasteiger charge is 2.29. The van der Waals surface area contributed by atoms with Crippen LogP contribution in [0.15, 0.2) is 0 Å². The maximum Gasteiger partial charge on any atom is 0.317 e. The second-order valence-corrected chi connectivity index (χ2v) is 7.90. The molecule has 1 fully saturated rings. The van der Waals surface area contributed by atoms with Gasteiger partial charge in [0.2, 0.25) is 0 Å². The molecule has 23 heavy (non-hydrogen) atoms. The summed E-state index contributed by atoms with van der Waals surface area (Å²) in [5.41, 5.74) is 1.19. The van der Waals surface area contributed by atoms with Crippen LogP contribution in [0.3, 0.4) is 0 Å². The Kier molecular flexibility index (Phi) is 5.54. The molecule has 0 saturated heterocycles. The first-order valence-corrected chi connectivity index (χ1v) is 9.51. The quantitative estimate of drug-likeness (QED) is 0.777. The van der Waals surface area contributed by atoms with Gasteiger partial charge in [-0.1, -0.05) is 0 Å². The van der Waals surface area contributed by atoms with Crippen molar-refractivity contribution in [2.45, 2.75) is 51.5 Å². The third-order valence-corrected chi connectivity index (χ3v) is 5.72. The number of fused-ring (bicyclic) bond motifs is 1. The van der Waals surface area contributed by atoms with Crippen LogP contribution in [0, 0.1) is 12.8 Å². The second-order valence-electron chi connectivity index (χ2n) is 6.67. The lowest BCUT2D eigenvalue weighted by Crippen LogP contribution is -2.40. The van der Waals surface area contributed by atoms with Gasteiger partial charge in [0, 0.05) is 26.8 Å². The standard InChI is InChI=1S/C17H27N3O2S/c1-12-19-14-5-3-6-15(16(14)23-12)20(2)17(21)18-9-4-10-22-11-13-7-8-13/h13,15H,3-11H2,1-2H3,(H,18,21). The Bertz CT molecular complexity index is 542. The molecule has 2 amide bonds. The zero-order chi connectivity index (χ0) is 16.2. The number of ether oxygens (including phenoxy) is 1. The van der Waals surface area contributed by atoms with Crippen LogP contribution in [-0.2, 0) is 11.2 Å². The van der Waals surface area contributed by atoms with E-state index in [1.54, 1.807) is 11.3 Å². The average molecular weight is 337 g/mol. The fourth-order valence-electron chi connectivity index (χ4n) is 3.06. The van der Waals surface area contributed by atoms with E-state index >= 15 is 0 Å². The summed E-state index contributed by atoms with van der Waals surface area (Å²) >= 11 is 1.73. The van der Waals surface area contributed by atoms with E-state index in [2.05, 4.69) is 10.3 Å². The van der Waals surface area contributed by atoms with E-state index in [0.29, 0.717) is 6.54 Å². The molecule has 0 bridgehead atoms. The largest absolute Gasteiger partial charge is 0.381 e. The van der Waals surface area contributed by atoms with Crippen molar-refractivity contribution >= 4 is 17.4 Å². The van der Waals surface area contributed by atoms with Crippen molar-refractivity contribution in [1.82, 2.24) is 15.2 Å². The number of aromatic nitrogens is 1. The Labute approximate surface area is 142 Å². The highest BCUT2D eigenvalue weighted by molar-refractivity contribution is 7.11. The number of urea groups is 1. The van der Waals surface area contributed by atoms with Gasteiger partial charge in [-0.2, -0.15) is 0 Å². The molecule has 128 valence electrons. The molecule has 6 heteroatoms. The molecule has 2 aliphatic rings. The number of thiazole rings is 1. The minimum Gasteiger partial charge on any atom is -0.381 e. The number of hydrogen-bond donors (Lipinski definition) is 1. The summed E-state index contributed by atoms with van der Waals surface area (Å²) in [7, 11) is 1.90. The molecule has 1 aromatic heterocycles. The molecular weight excluding hydrogens is 310 g/mol. The number of amides is 2. The fourth-order valence-corrected chi connectivity index (χ4v) is 4.21. The molecule has 1 heterocycles. The van der Waals surface area contributed by atoms with E-state index < -0.39 is 0 Å². The number of rotatable bonds is 7. The Morgan fingerprint density at radius 3 is 3.04 bits per heavy atom. The molecule has 0 spiro atoms. The summed E-state index contributed by atoms with van der Waals surface area (Å²) < 4.78 is 5.59. The van der Waals surface area contributed by atoms with Gasteiger partial charge in [-0.3, -0.25) is 0 Å². The van der Waals surface area contributed by atoms with Gasteiger partial charge in [-0.15, -0.1) is 11.3 Å². The number of carbonyl (C=O) groups is 1. The van der Waals surface area contributed by atoms with Gasteiger partial charge in [0.25, 0.3) is 0 Å². The Morgan fingerprint density at radius 1 is 1.43 bits per heavy atom. The molecule has 1 N–H and O–H groups in total. The monoisotopic (exact) mass is 337 g/mol. The minimum absolute atomic E-state index is 0.0103. The van der Waals surface area contributed by atoms with E-state index in [4.69, 9.17) is 4.74 Å². The topological polar surface area (TPSA) is 54.5 Å². The van der Waals surface area contributed by atoms with Crippen molar-refractivity contribution in [3.63, 3.8) is 0 Å². The minimum atomic E-state index is 0.0103. The van der Waals surface area contributed by atoms with Crippen LogP contribution in [0.1, 0.15) is 53.7 Å². The van der Waals surface area contributed by atoms with E-state index in [1.165, 1.54) is 23.4 Å². The van der Waals surface area contributed by atoms with E-state index in [9.17, 15) is 4.79 Å². The highest BCUT2D eigenvalue weighted by Crippen LogP contribution is 2.37. The number of nitrogens with one attached hydrogen (secondary N) is 1. The third kappa shape index (κ3) is 4.44. The lowest BCUT2D eigenvalue weighted by atomic mass is 9.97. The predicted molar refractivity (Wildman–Crippen MR) is 91.9 cm³/mol. The SMILES string of the molecule is Cc1nc2c(s1)C(N(C)C(=O)NCCCOCC1CC1)CCC2. The normalized spacial score (nSPS) is 20.2. The molecule has 0 aliphatic heterocycles. The summed E-state index contributed by atoms with van der Waals surface area (Å²) in [6.45, 7) is 4.35. The van der Waals surface area contributed by atoms with Gasteiger partial charge in [0.15, 0.2) is 0 Å². The molecule has 1 atom stereocenters. The van der Waals surface area contributed by atoms with Crippen LogP contribution in [0.4, 0.5) is 4.79 Å². The van der Waals surface area contributed by atoms with Gasteiger partial charge in [-0.25, -0.2) is 9.78 Å². The molecule has 0 radical (unpaired) electrons. The van der Waals surface area contributed by atoms with Gasteiger partial charge in [-0.05, 0) is 51.4 Å². The molecule has 1 aromatic rings. The van der Waals surface area contributed by atoms with E-state index in [1.807, 2.05) is 18.9 Å². The second kappa shape index (κ2) is 7.62. The number of hydrogen-bond acceptors (Lipinski definition) is 4. The van der Waals surface area contributed by atoms with Crippen LogP contribution < -0.4 is 5.32 Å². The maximum atomic E-state index is 12.4. The van der Waals surface area contributed by atoms with Crippen LogP contribution in [-0.4, -0.2) is 42.7 Å². The fraction of sp³-hybridized carbons (Fsp3) is 0.765. The smallest absolute Gasteiger partial charge is 0.317 e. The van der Waals surface area contributed by atoms with Gasteiger partial charge >= 0.3 is 6.03 Å². The first-order chi connectivity index (χ1) is 11.1. The number of nitrogens with zero attached hydrogens (tertiary/aromatic N) is 2. The van der Waals surface area contributed by atoms with Crippen molar-refractivity contribution in [3.05, 3.63) is 15.6 Å². The highest BCUT2D eigenvalue weighted by atomic mass is 32.1. The van der Waals surface area contributed by atoms with E-state index in [0.717, 1.165) is 49.8 Å².